The van der Waals surface area contributed by atoms with Crippen LogP contribution in [0.15, 0.2) is 77.3 Å². The molecule has 0 aliphatic heterocycles. The van der Waals surface area contributed by atoms with Crippen LogP contribution >= 0.6 is 33.9 Å². The van der Waals surface area contributed by atoms with E-state index in [1.165, 1.54) is 0 Å². The molecule has 24 heavy (non-hydrogen) atoms. The molecule has 3 aromatic rings. The summed E-state index contributed by atoms with van der Waals surface area (Å²) in [4.78, 5) is 18.5. The molecule has 0 saturated carbocycles. The average molecular weight is 447 g/mol. The number of thiophene rings is 1. The summed E-state index contributed by atoms with van der Waals surface area (Å²) in [5.74, 6) is -0.442. The second-order valence-electron chi connectivity index (χ2n) is 5.04. The van der Waals surface area contributed by atoms with E-state index in [0.29, 0.717) is 12.0 Å². The first-order chi connectivity index (χ1) is 11.7. The molecule has 0 fully saturated rings. The maximum Gasteiger partial charge on any atom is 0.366 e. The molecule has 3 rings (SSSR count). The number of oxime groups is 1. The van der Waals surface area contributed by atoms with Gasteiger partial charge in [-0.2, -0.15) is 0 Å². The van der Waals surface area contributed by atoms with Crippen molar-refractivity contribution in [2.24, 2.45) is 5.16 Å². The van der Waals surface area contributed by atoms with Crippen LogP contribution in [-0.2, 0) is 11.3 Å². The van der Waals surface area contributed by atoms with Crippen molar-refractivity contribution in [3.05, 3.63) is 91.7 Å². The first-order valence-corrected chi connectivity index (χ1v) is 9.30. The Morgan fingerprint density at radius 3 is 2.46 bits per heavy atom. The second kappa shape index (κ2) is 8.21. The van der Waals surface area contributed by atoms with Crippen molar-refractivity contribution in [2.45, 2.75) is 6.42 Å². The largest absolute Gasteiger partial charge is 0.366 e. The molecule has 0 unspecified atom stereocenters. The molecule has 1 heterocycles. The third-order valence-electron chi connectivity index (χ3n) is 3.35. The molecule has 0 aliphatic rings. The topological polar surface area (TPSA) is 38.7 Å². The molecule has 3 nitrogen and oxygen atoms in total. The minimum atomic E-state index is -0.442. The van der Waals surface area contributed by atoms with Gasteiger partial charge in [-0.3, -0.25) is 0 Å². The van der Waals surface area contributed by atoms with E-state index in [4.69, 9.17) is 4.84 Å². The SMILES string of the molecule is O=C(O/N=C(\Cc1ccccc1)c1cccs1)c1ccccc1I. The van der Waals surface area contributed by atoms with E-state index in [1.807, 2.05) is 66.0 Å². The molecule has 120 valence electrons. The molecular formula is C19H14INO2S. The van der Waals surface area contributed by atoms with Gasteiger partial charge in [0.25, 0.3) is 0 Å². The van der Waals surface area contributed by atoms with Gasteiger partial charge in [0.2, 0.25) is 0 Å². The van der Waals surface area contributed by atoms with Crippen molar-refractivity contribution in [2.75, 3.05) is 0 Å². The molecule has 0 radical (unpaired) electrons. The summed E-state index contributed by atoms with van der Waals surface area (Å²) < 4.78 is 0.844. The van der Waals surface area contributed by atoms with E-state index in [9.17, 15) is 4.79 Å². The summed E-state index contributed by atoms with van der Waals surface area (Å²) in [5.41, 5.74) is 2.39. The predicted octanol–water partition coefficient (Wildman–Crippen LogP) is 5.16. The highest BCUT2D eigenvalue weighted by molar-refractivity contribution is 14.1. The van der Waals surface area contributed by atoms with E-state index in [1.54, 1.807) is 17.4 Å². The van der Waals surface area contributed by atoms with E-state index in [-0.39, 0.29) is 0 Å². The van der Waals surface area contributed by atoms with Gasteiger partial charge in [0.1, 0.15) is 5.71 Å². The monoisotopic (exact) mass is 447 g/mol. The first-order valence-electron chi connectivity index (χ1n) is 7.34. The number of carbonyl (C=O) groups excluding carboxylic acids is 1. The number of benzene rings is 2. The van der Waals surface area contributed by atoms with Crippen molar-refractivity contribution in [1.29, 1.82) is 0 Å². The van der Waals surface area contributed by atoms with E-state index in [2.05, 4.69) is 27.7 Å². The second-order valence-corrected chi connectivity index (χ2v) is 7.15. The highest BCUT2D eigenvalue weighted by Crippen LogP contribution is 2.16. The summed E-state index contributed by atoms with van der Waals surface area (Å²) in [6.07, 6.45) is 0.612. The van der Waals surface area contributed by atoms with Gasteiger partial charge in [-0.15, -0.1) is 11.3 Å². The van der Waals surface area contributed by atoms with Gasteiger partial charge in [0.15, 0.2) is 0 Å². The number of carbonyl (C=O) groups is 1. The molecule has 0 saturated heterocycles. The van der Waals surface area contributed by atoms with Crippen LogP contribution in [0.4, 0.5) is 0 Å². The molecule has 0 atom stereocenters. The van der Waals surface area contributed by atoms with Gasteiger partial charge in [0.05, 0.1) is 10.4 Å². The van der Waals surface area contributed by atoms with Gasteiger partial charge in [-0.25, -0.2) is 4.79 Å². The van der Waals surface area contributed by atoms with Gasteiger partial charge in [-0.05, 0) is 51.7 Å². The molecule has 0 bridgehead atoms. The number of nitrogens with zero attached hydrogens (tertiary/aromatic N) is 1. The number of hydrogen-bond donors (Lipinski definition) is 0. The standard InChI is InChI=1S/C19H14INO2S/c20-16-10-5-4-9-15(16)19(22)23-21-17(18-11-6-12-24-18)13-14-7-2-1-3-8-14/h1-12H,13H2/b21-17+. The summed E-state index contributed by atoms with van der Waals surface area (Å²) in [5, 5.41) is 6.14. The van der Waals surface area contributed by atoms with Gasteiger partial charge in [-0.1, -0.05) is 53.7 Å². The molecular weight excluding hydrogens is 433 g/mol. The summed E-state index contributed by atoms with van der Waals surface area (Å²) >= 11 is 3.69. The highest BCUT2D eigenvalue weighted by Gasteiger charge is 2.13. The van der Waals surface area contributed by atoms with Crippen LogP contribution in [0.3, 0.4) is 0 Å². The van der Waals surface area contributed by atoms with Crippen molar-refractivity contribution in [1.82, 2.24) is 0 Å². The summed E-state index contributed by atoms with van der Waals surface area (Å²) in [7, 11) is 0. The predicted molar refractivity (Wildman–Crippen MR) is 106 cm³/mol. The van der Waals surface area contributed by atoms with Gasteiger partial charge >= 0.3 is 5.97 Å². The lowest BCUT2D eigenvalue weighted by molar-refractivity contribution is 0.0514. The molecule has 5 heteroatoms. The van der Waals surface area contributed by atoms with Crippen molar-refractivity contribution < 1.29 is 9.63 Å². The minimum absolute atomic E-state index is 0.442. The molecule has 0 spiro atoms. The Balaban J connectivity index is 1.82. The fourth-order valence-corrected chi connectivity index (χ4v) is 3.48. The Labute approximate surface area is 158 Å². The van der Waals surface area contributed by atoms with Crippen molar-refractivity contribution >= 4 is 45.6 Å². The third-order valence-corrected chi connectivity index (χ3v) is 5.21. The molecule has 0 amide bonds. The fraction of sp³-hybridized carbons (Fsp3) is 0.0526. The zero-order valence-corrected chi connectivity index (χ0v) is 15.7. The van der Waals surface area contributed by atoms with Crippen LogP contribution < -0.4 is 0 Å². The lowest BCUT2D eigenvalue weighted by atomic mass is 10.1. The highest BCUT2D eigenvalue weighted by atomic mass is 127. The maximum atomic E-state index is 12.3. The Kier molecular flexibility index (Phi) is 5.77. The Morgan fingerprint density at radius 1 is 1.00 bits per heavy atom. The van der Waals surface area contributed by atoms with Gasteiger partial charge in [0, 0.05) is 9.99 Å². The van der Waals surface area contributed by atoms with Crippen molar-refractivity contribution in [3.8, 4) is 0 Å². The quantitative estimate of drug-likeness (QED) is 0.235. The van der Waals surface area contributed by atoms with Crippen LogP contribution in [0.5, 0.6) is 0 Å². The van der Waals surface area contributed by atoms with Gasteiger partial charge < -0.3 is 4.84 Å². The molecule has 0 N–H and O–H groups in total. The Morgan fingerprint density at radius 2 is 1.75 bits per heavy atom. The number of hydrogen-bond acceptors (Lipinski definition) is 4. The van der Waals surface area contributed by atoms with E-state index >= 15 is 0 Å². The maximum absolute atomic E-state index is 12.3. The lowest BCUT2D eigenvalue weighted by Gasteiger charge is -2.05. The average Bonchev–Trinajstić information content (AvgIpc) is 3.14. The van der Waals surface area contributed by atoms with E-state index < -0.39 is 5.97 Å². The zero-order chi connectivity index (χ0) is 16.8. The fourth-order valence-electron chi connectivity index (χ4n) is 2.17. The van der Waals surface area contributed by atoms with Crippen molar-refractivity contribution in [3.63, 3.8) is 0 Å². The molecule has 0 aliphatic carbocycles. The van der Waals surface area contributed by atoms with Crippen LogP contribution in [-0.4, -0.2) is 11.7 Å². The molecule has 1 aromatic heterocycles. The summed E-state index contributed by atoms with van der Waals surface area (Å²) in [6, 6.07) is 21.3. The van der Waals surface area contributed by atoms with Crippen LogP contribution in [0.2, 0.25) is 0 Å². The third kappa shape index (κ3) is 4.30. The van der Waals surface area contributed by atoms with Crippen LogP contribution in [0.25, 0.3) is 0 Å². The summed E-state index contributed by atoms with van der Waals surface area (Å²) in [6.45, 7) is 0. The Bertz CT molecular complexity index is 845. The minimum Gasteiger partial charge on any atom is -0.312 e. The van der Waals surface area contributed by atoms with Crippen LogP contribution in [0.1, 0.15) is 20.8 Å². The van der Waals surface area contributed by atoms with Crippen LogP contribution in [0, 0.1) is 3.57 Å². The number of halogens is 1. The molecule has 2 aromatic carbocycles. The van der Waals surface area contributed by atoms with E-state index in [0.717, 1.165) is 19.7 Å². The zero-order valence-electron chi connectivity index (χ0n) is 12.7. The first kappa shape index (κ1) is 16.9. The normalized spacial score (nSPS) is 11.3. The smallest absolute Gasteiger partial charge is 0.312 e. The lowest BCUT2D eigenvalue weighted by Crippen LogP contribution is -2.09. The Hall–Kier alpha value is -1.99. The number of rotatable bonds is 5.